The first kappa shape index (κ1) is 14.7. The lowest BCUT2D eigenvalue weighted by Gasteiger charge is -2.22. The zero-order chi connectivity index (χ0) is 13.5. The van der Waals surface area contributed by atoms with Gasteiger partial charge in [0, 0.05) is 24.4 Å². The molecule has 0 unspecified atom stereocenters. The molecular formula is C14H19ClN2OS. The van der Waals surface area contributed by atoms with E-state index >= 15 is 0 Å². The van der Waals surface area contributed by atoms with E-state index in [4.69, 9.17) is 11.6 Å². The van der Waals surface area contributed by atoms with Crippen LogP contribution in [0.4, 0.5) is 0 Å². The fourth-order valence-electron chi connectivity index (χ4n) is 2.26. The Hall–Kier alpha value is -0.740. The summed E-state index contributed by atoms with van der Waals surface area (Å²) < 4.78 is 0. The number of carbonyl (C=O) groups excluding carboxylic acids is 1. The van der Waals surface area contributed by atoms with E-state index in [0.29, 0.717) is 17.5 Å². The van der Waals surface area contributed by atoms with Crippen molar-refractivity contribution < 1.29 is 4.79 Å². The summed E-state index contributed by atoms with van der Waals surface area (Å²) in [6.07, 6.45) is 8.28. The molecule has 1 saturated carbocycles. The monoisotopic (exact) mass is 298 g/mol. The van der Waals surface area contributed by atoms with Gasteiger partial charge in [-0.05, 0) is 25.0 Å². The molecule has 0 radical (unpaired) electrons. The van der Waals surface area contributed by atoms with Gasteiger partial charge in [-0.2, -0.15) is 0 Å². The van der Waals surface area contributed by atoms with E-state index < -0.39 is 0 Å². The van der Waals surface area contributed by atoms with Gasteiger partial charge >= 0.3 is 0 Å². The van der Waals surface area contributed by atoms with Gasteiger partial charge in [0.05, 0.1) is 5.02 Å². The topological polar surface area (TPSA) is 42.0 Å². The van der Waals surface area contributed by atoms with Gasteiger partial charge in [-0.3, -0.25) is 4.79 Å². The Labute approximate surface area is 123 Å². The average molecular weight is 299 g/mol. The minimum absolute atomic E-state index is 0.145. The van der Waals surface area contributed by atoms with E-state index in [1.54, 1.807) is 6.20 Å². The Balaban J connectivity index is 1.67. The van der Waals surface area contributed by atoms with Crippen LogP contribution >= 0.6 is 23.4 Å². The largest absolute Gasteiger partial charge is 0.353 e. The third-order valence-corrected chi connectivity index (χ3v) is 4.69. The van der Waals surface area contributed by atoms with Crippen LogP contribution < -0.4 is 5.32 Å². The van der Waals surface area contributed by atoms with Gasteiger partial charge in [-0.25, -0.2) is 4.98 Å². The number of nitrogens with one attached hydrogen (secondary N) is 1. The van der Waals surface area contributed by atoms with Crippen LogP contribution in [0, 0.1) is 0 Å². The molecule has 1 aliphatic rings. The van der Waals surface area contributed by atoms with Crippen molar-refractivity contribution >= 4 is 29.3 Å². The van der Waals surface area contributed by atoms with Crippen LogP contribution in [-0.4, -0.2) is 22.7 Å². The summed E-state index contributed by atoms with van der Waals surface area (Å²) in [5.74, 6) is 0.862. The van der Waals surface area contributed by atoms with E-state index in [9.17, 15) is 4.79 Å². The molecule has 2 rings (SSSR count). The van der Waals surface area contributed by atoms with Crippen molar-refractivity contribution in [2.75, 3.05) is 5.75 Å². The molecule has 1 aliphatic carbocycles. The number of hydrogen-bond acceptors (Lipinski definition) is 3. The minimum atomic E-state index is 0.145. The van der Waals surface area contributed by atoms with Gasteiger partial charge in [0.2, 0.25) is 5.91 Å². The smallest absolute Gasteiger partial charge is 0.221 e. The van der Waals surface area contributed by atoms with Crippen LogP contribution in [0.15, 0.2) is 23.4 Å². The molecular weight excluding hydrogens is 280 g/mol. The lowest BCUT2D eigenvalue weighted by atomic mass is 9.95. The predicted molar refractivity (Wildman–Crippen MR) is 79.6 cm³/mol. The van der Waals surface area contributed by atoms with Crippen molar-refractivity contribution in [1.29, 1.82) is 0 Å². The Bertz CT molecular complexity index is 422. The molecule has 1 fully saturated rings. The number of thioether (sulfide) groups is 1. The molecule has 104 valence electrons. The van der Waals surface area contributed by atoms with Crippen molar-refractivity contribution in [1.82, 2.24) is 10.3 Å². The number of hydrogen-bond donors (Lipinski definition) is 1. The number of carbonyl (C=O) groups is 1. The minimum Gasteiger partial charge on any atom is -0.353 e. The fraction of sp³-hybridized carbons (Fsp3) is 0.571. The van der Waals surface area contributed by atoms with E-state index in [2.05, 4.69) is 10.3 Å². The number of halogens is 1. The van der Waals surface area contributed by atoms with Crippen molar-refractivity contribution in [2.24, 2.45) is 0 Å². The van der Waals surface area contributed by atoms with Crippen LogP contribution in [0.25, 0.3) is 0 Å². The van der Waals surface area contributed by atoms with Crippen molar-refractivity contribution in [3.05, 3.63) is 23.4 Å². The molecule has 5 heteroatoms. The van der Waals surface area contributed by atoms with Gasteiger partial charge in [-0.15, -0.1) is 11.8 Å². The van der Waals surface area contributed by atoms with Gasteiger partial charge in [0.1, 0.15) is 5.03 Å². The third-order valence-electron chi connectivity index (χ3n) is 3.26. The number of aromatic nitrogens is 1. The van der Waals surface area contributed by atoms with Gasteiger partial charge in [0.25, 0.3) is 0 Å². The molecule has 1 aromatic rings. The first-order valence-electron chi connectivity index (χ1n) is 6.78. The lowest BCUT2D eigenvalue weighted by molar-refractivity contribution is -0.121. The van der Waals surface area contributed by atoms with Crippen LogP contribution in [0.1, 0.15) is 38.5 Å². The lowest BCUT2D eigenvalue weighted by Crippen LogP contribution is -2.36. The first-order chi connectivity index (χ1) is 9.25. The molecule has 0 aliphatic heterocycles. The van der Waals surface area contributed by atoms with Gasteiger partial charge in [-0.1, -0.05) is 30.9 Å². The Morgan fingerprint density at radius 3 is 2.95 bits per heavy atom. The predicted octanol–water partition coefficient (Wildman–Crippen LogP) is 3.67. The van der Waals surface area contributed by atoms with E-state index in [0.717, 1.165) is 23.6 Å². The zero-order valence-corrected chi connectivity index (χ0v) is 12.5. The number of pyridine rings is 1. The van der Waals surface area contributed by atoms with Crippen LogP contribution in [0.2, 0.25) is 5.02 Å². The Kier molecular flexibility index (Phi) is 5.98. The molecule has 1 aromatic heterocycles. The molecule has 0 atom stereocenters. The fourth-order valence-corrected chi connectivity index (χ4v) is 3.37. The zero-order valence-electron chi connectivity index (χ0n) is 10.9. The molecule has 0 spiro atoms. The molecule has 1 amide bonds. The highest BCUT2D eigenvalue weighted by atomic mass is 35.5. The molecule has 19 heavy (non-hydrogen) atoms. The third kappa shape index (κ3) is 5.03. The van der Waals surface area contributed by atoms with Crippen molar-refractivity contribution in [3.8, 4) is 0 Å². The second-order valence-electron chi connectivity index (χ2n) is 4.79. The summed E-state index contributed by atoms with van der Waals surface area (Å²) in [4.78, 5) is 16.0. The SMILES string of the molecule is O=C(CCSc1ncccc1Cl)NC1CCCCC1. The highest BCUT2D eigenvalue weighted by Crippen LogP contribution is 2.24. The first-order valence-corrected chi connectivity index (χ1v) is 8.15. The highest BCUT2D eigenvalue weighted by Gasteiger charge is 2.15. The summed E-state index contributed by atoms with van der Waals surface area (Å²) in [6.45, 7) is 0. The number of rotatable bonds is 5. The highest BCUT2D eigenvalue weighted by molar-refractivity contribution is 7.99. The van der Waals surface area contributed by atoms with Crippen LogP contribution in [-0.2, 0) is 4.79 Å². The molecule has 0 aromatic carbocycles. The van der Waals surface area contributed by atoms with Crippen LogP contribution in [0.5, 0.6) is 0 Å². The Morgan fingerprint density at radius 2 is 2.21 bits per heavy atom. The standard InChI is InChI=1S/C14H19ClN2OS/c15-12-7-4-9-16-14(12)19-10-8-13(18)17-11-5-2-1-3-6-11/h4,7,9,11H,1-3,5-6,8,10H2,(H,17,18). The second kappa shape index (κ2) is 7.75. The van der Waals surface area contributed by atoms with E-state index in [1.807, 2.05) is 12.1 Å². The summed E-state index contributed by atoms with van der Waals surface area (Å²) >= 11 is 7.54. The molecule has 1 heterocycles. The second-order valence-corrected chi connectivity index (χ2v) is 6.28. The maximum atomic E-state index is 11.8. The van der Waals surface area contributed by atoms with Crippen molar-refractivity contribution in [2.45, 2.75) is 49.6 Å². The maximum Gasteiger partial charge on any atom is 0.221 e. The molecule has 0 saturated heterocycles. The van der Waals surface area contributed by atoms with Crippen molar-refractivity contribution in [3.63, 3.8) is 0 Å². The van der Waals surface area contributed by atoms with Gasteiger partial charge < -0.3 is 5.32 Å². The molecule has 3 nitrogen and oxygen atoms in total. The molecule has 1 N–H and O–H groups in total. The van der Waals surface area contributed by atoms with Gasteiger partial charge in [0.15, 0.2) is 0 Å². The van der Waals surface area contributed by atoms with E-state index in [1.165, 1.54) is 31.0 Å². The normalized spacial score (nSPS) is 16.3. The number of nitrogens with zero attached hydrogens (tertiary/aromatic N) is 1. The summed E-state index contributed by atoms with van der Waals surface area (Å²) in [5, 5.41) is 4.57. The van der Waals surface area contributed by atoms with E-state index in [-0.39, 0.29) is 5.91 Å². The quantitative estimate of drug-likeness (QED) is 0.844. The summed E-state index contributed by atoms with van der Waals surface area (Å²) in [6, 6.07) is 4.02. The van der Waals surface area contributed by atoms with Crippen LogP contribution in [0.3, 0.4) is 0 Å². The average Bonchev–Trinajstić information content (AvgIpc) is 2.42. The number of amides is 1. The molecule has 0 bridgehead atoms. The maximum absolute atomic E-state index is 11.8. The Morgan fingerprint density at radius 1 is 1.42 bits per heavy atom. The summed E-state index contributed by atoms with van der Waals surface area (Å²) in [7, 11) is 0. The summed E-state index contributed by atoms with van der Waals surface area (Å²) in [5.41, 5.74) is 0.